The van der Waals surface area contributed by atoms with Crippen LogP contribution in [0.4, 0.5) is 17.7 Å². The zero-order valence-corrected chi connectivity index (χ0v) is 19.9. The van der Waals surface area contributed by atoms with Gasteiger partial charge in [-0.15, -0.1) is 0 Å². The van der Waals surface area contributed by atoms with Gasteiger partial charge in [0.25, 0.3) is 0 Å². The first-order valence-corrected chi connectivity index (χ1v) is 11.4. The second-order valence-corrected chi connectivity index (χ2v) is 9.12. The van der Waals surface area contributed by atoms with E-state index in [1.165, 1.54) is 11.8 Å². The predicted octanol–water partition coefficient (Wildman–Crippen LogP) is 4.52. The molecule has 3 aromatic rings. The van der Waals surface area contributed by atoms with Gasteiger partial charge in [0.1, 0.15) is 21.0 Å². The molecule has 4 rings (SSSR count). The van der Waals surface area contributed by atoms with Gasteiger partial charge in [-0.3, -0.25) is 0 Å². The minimum Gasteiger partial charge on any atom is -0.370 e. The van der Waals surface area contributed by atoms with Crippen molar-refractivity contribution in [2.45, 2.75) is 29.3 Å². The third-order valence-electron chi connectivity index (χ3n) is 5.00. The minimum absolute atomic E-state index is 0.160. The van der Waals surface area contributed by atoms with E-state index in [2.05, 4.69) is 29.4 Å². The number of hydrogen-bond donors (Lipinski definition) is 1. The van der Waals surface area contributed by atoms with E-state index in [0.717, 1.165) is 45.5 Å². The Balaban J connectivity index is 2.00. The van der Waals surface area contributed by atoms with Crippen LogP contribution >= 0.6 is 23.4 Å². The summed E-state index contributed by atoms with van der Waals surface area (Å²) in [7, 11) is 7.72. The summed E-state index contributed by atoms with van der Waals surface area (Å²) in [4.78, 5) is 22.9. The minimum atomic E-state index is -0.160. The lowest BCUT2D eigenvalue weighted by atomic mass is 9.87. The van der Waals surface area contributed by atoms with Crippen molar-refractivity contribution in [1.29, 1.82) is 0 Å². The topological polar surface area (TPSA) is 70.1 Å². The van der Waals surface area contributed by atoms with Crippen molar-refractivity contribution < 1.29 is 0 Å². The summed E-state index contributed by atoms with van der Waals surface area (Å²) in [6.07, 6.45) is 0.992. The summed E-state index contributed by atoms with van der Waals surface area (Å²) >= 11 is 8.31. The Labute approximate surface area is 192 Å². The summed E-state index contributed by atoms with van der Waals surface area (Å²) in [6, 6.07) is 10.3. The van der Waals surface area contributed by atoms with Gasteiger partial charge in [0.05, 0.1) is 0 Å². The van der Waals surface area contributed by atoms with Crippen LogP contribution in [0.1, 0.15) is 36.0 Å². The Kier molecular flexibility index (Phi) is 6.20. The van der Waals surface area contributed by atoms with Crippen molar-refractivity contribution in [1.82, 2.24) is 19.9 Å². The highest BCUT2D eigenvalue weighted by atomic mass is 35.5. The van der Waals surface area contributed by atoms with Crippen LogP contribution in [0, 0.1) is 0 Å². The zero-order valence-electron chi connectivity index (χ0n) is 18.3. The monoisotopic (exact) mass is 455 g/mol. The maximum absolute atomic E-state index is 6.78. The maximum atomic E-state index is 6.78. The van der Waals surface area contributed by atoms with Crippen LogP contribution in [-0.2, 0) is 0 Å². The molecule has 3 heterocycles. The van der Waals surface area contributed by atoms with E-state index in [1.54, 1.807) is 0 Å². The van der Waals surface area contributed by atoms with Gasteiger partial charge in [-0.1, -0.05) is 48.9 Å². The molecule has 0 saturated carbocycles. The lowest BCUT2D eigenvalue weighted by Gasteiger charge is -2.30. The van der Waals surface area contributed by atoms with Gasteiger partial charge in [0.2, 0.25) is 11.9 Å². The summed E-state index contributed by atoms with van der Waals surface area (Å²) in [6.45, 7) is 2.96. The standard InChI is InChI=1S/C22H26ClN7S/c1-6-12-24-18-16-14(13-10-8-7-9-11-13)15-17(23)25-21(29(2)3)27-19(15)31-20(16)28-22(26-18)30(4)5/h7-11,14H,6,12H2,1-5H3,(H,24,26,28). The van der Waals surface area contributed by atoms with Crippen LogP contribution in [0.15, 0.2) is 40.4 Å². The second-order valence-electron chi connectivity index (χ2n) is 7.79. The molecule has 0 aliphatic carbocycles. The molecule has 0 spiro atoms. The van der Waals surface area contributed by atoms with Crippen LogP contribution < -0.4 is 15.1 Å². The van der Waals surface area contributed by atoms with Crippen molar-refractivity contribution in [3.8, 4) is 0 Å². The molecule has 1 aliphatic rings. The van der Waals surface area contributed by atoms with Gasteiger partial charge in [-0.25, -0.2) is 15.0 Å². The van der Waals surface area contributed by atoms with E-state index >= 15 is 0 Å². The fourth-order valence-electron chi connectivity index (χ4n) is 3.50. The largest absolute Gasteiger partial charge is 0.370 e. The number of hydrogen-bond acceptors (Lipinski definition) is 8. The van der Waals surface area contributed by atoms with E-state index in [9.17, 15) is 0 Å². The number of nitrogens with zero attached hydrogens (tertiary/aromatic N) is 6. The SMILES string of the molecule is CCCNc1nc(N(C)C)nc2c1C(c1ccccc1)c1c(Cl)nc(N(C)C)nc1S2. The second kappa shape index (κ2) is 8.88. The summed E-state index contributed by atoms with van der Waals surface area (Å²) < 4.78 is 0. The Morgan fingerprint density at radius 2 is 1.52 bits per heavy atom. The molecule has 0 saturated heterocycles. The summed E-state index contributed by atoms with van der Waals surface area (Å²) in [5.41, 5.74) is 3.02. The van der Waals surface area contributed by atoms with Crippen LogP contribution in [0.2, 0.25) is 5.15 Å². The van der Waals surface area contributed by atoms with E-state index < -0.39 is 0 Å². The molecular weight excluding hydrogens is 430 g/mol. The van der Waals surface area contributed by atoms with Crippen molar-refractivity contribution >= 4 is 41.1 Å². The van der Waals surface area contributed by atoms with Gasteiger partial charge in [0.15, 0.2) is 0 Å². The fraction of sp³-hybridized carbons (Fsp3) is 0.364. The highest BCUT2D eigenvalue weighted by molar-refractivity contribution is 7.99. The van der Waals surface area contributed by atoms with E-state index in [1.807, 2.05) is 56.2 Å². The van der Waals surface area contributed by atoms with E-state index in [0.29, 0.717) is 17.0 Å². The van der Waals surface area contributed by atoms with Gasteiger partial charge >= 0.3 is 0 Å². The molecule has 1 unspecified atom stereocenters. The van der Waals surface area contributed by atoms with Gasteiger partial charge < -0.3 is 15.1 Å². The average molecular weight is 456 g/mol. The number of benzene rings is 1. The van der Waals surface area contributed by atoms with Gasteiger partial charge in [0, 0.05) is 51.8 Å². The number of halogens is 1. The predicted molar refractivity (Wildman–Crippen MR) is 128 cm³/mol. The molecule has 1 aromatic carbocycles. The lowest BCUT2D eigenvalue weighted by Crippen LogP contribution is -2.22. The quantitative estimate of drug-likeness (QED) is 0.425. The van der Waals surface area contributed by atoms with Crippen molar-refractivity contribution in [3.05, 3.63) is 52.2 Å². The molecule has 0 amide bonds. The molecule has 1 atom stereocenters. The number of fused-ring (bicyclic) bond motifs is 2. The highest BCUT2D eigenvalue weighted by Gasteiger charge is 2.36. The first kappa shape index (κ1) is 21.6. The molecule has 7 nitrogen and oxygen atoms in total. The van der Waals surface area contributed by atoms with Crippen LogP contribution in [0.5, 0.6) is 0 Å². The number of anilines is 3. The molecule has 2 aromatic heterocycles. The summed E-state index contributed by atoms with van der Waals surface area (Å²) in [5, 5.41) is 5.69. The first-order chi connectivity index (χ1) is 14.9. The molecule has 162 valence electrons. The first-order valence-electron chi connectivity index (χ1n) is 10.2. The molecule has 0 fully saturated rings. The van der Waals surface area contributed by atoms with Crippen LogP contribution in [-0.4, -0.2) is 54.7 Å². The Hall–Kier alpha value is -2.58. The van der Waals surface area contributed by atoms with Crippen molar-refractivity contribution in [3.63, 3.8) is 0 Å². The molecule has 0 bridgehead atoms. The molecule has 0 radical (unpaired) electrons. The van der Waals surface area contributed by atoms with E-state index in [4.69, 9.17) is 26.6 Å². The van der Waals surface area contributed by atoms with Gasteiger partial charge in [-0.2, -0.15) is 4.98 Å². The third-order valence-corrected chi connectivity index (χ3v) is 6.29. The van der Waals surface area contributed by atoms with E-state index in [-0.39, 0.29) is 5.92 Å². The maximum Gasteiger partial charge on any atom is 0.227 e. The lowest BCUT2D eigenvalue weighted by molar-refractivity contribution is 0.793. The molecule has 1 aliphatic heterocycles. The molecule has 31 heavy (non-hydrogen) atoms. The van der Waals surface area contributed by atoms with Crippen LogP contribution in [0.25, 0.3) is 0 Å². The van der Waals surface area contributed by atoms with Crippen molar-refractivity contribution in [2.75, 3.05) is 49.9 Å². The summed E-state index contributed by atoms with van der Waals surface area (Å²) in [5.74, 6) is 1.91. The zero-order chi connectivity index (χ0) is 22.1. The number of rotatable bonds is 6. The average Bonchev–Trinajstić information content (AvgIpc) is 2.76. The number of nitrogens with one attached hydrogen (secondary N) is 1. The molecule has 1 N–H and O–H groups in total. The molecule has 9 heteroatoms. The van der Waals surface area contributed by atoms with Gasteiger partial charge in [-0.05, 0) is 23.7 Å². The Morgan fingerprint density at radius 1 is 0.903 bits per heavy atom. The Bertz CT molecular complexity index is 1090. The number of aromatic nitrogens is 4. The van der Waals surface area contributed by atoms with Crippen molar-refractivity contribution in [2.24, 2.45) is 0 Å². The smallest absolute Gasteiger partial charge is 0.227 e. The van der Waals surface area contributed by atoms with Crippen LogP contribution in [0.3, 0.4) is 0 Å². The Morgan fingerprint density at radius 3 is 2.13 bits per heavy atom. The normalized spacial score (nSPS) is 14.6. The third kappa shape index (κ3) is 4.14. The fourth-order valence-corrected chi connectivity index (χ4v) is 4.92. The molecular formula is C22H26ClN7S. The highest BCUT2D eigenvalue weighted by Crippen LogP contribution is 2.51.